The average Bonchev–Trinajstić information content (AvgIpc) is 2.55. The van der Waals surface area contributed by atoms with Gasteiger partial charge in [0.25, 0.3) is 5.91 Å². The van der Waals surface area contributed by atoms with Crippen molar-refractivity contribution < 1.29 is 14.0 Å². The Morgan fingerprint density at radius 2 is 2.09 bits per heavy atom. The molecule has 2 N–H and O–H groups in total. The molecule has 0 unspecified atom stereocenters. The van der Waals surface area contributed by atoms with E-state index in [0.717, 1.165) is 25.7 Å². The molecule has 0 bridgehead atoms. The zero-order valence-electron chi connectivity index (χ0n) is 11.9. The van der Waals surface area contributed by atoms with Crippen molar-refractivity contribution in [2.24, 2.45) is 0 Å². The number of fused-ring (bicyclic) bond motifs is 1. The number of hydrogen-bond donors (Lipinski definition) is 2. The van der Waals surface area contributed by atoms with Gasteiger partial charge in [-0.25, -0.2) is 9.87 Å². The molecule has 6 nitrogen and oxygen atoms in total. The van der Waals surface area contributed by atoms with Gasteiger partial charge in [0, 0.05) is 0 Å². The fraction of sp³-hybridized carbons (Fsp3) is 0.400. The second-order valence-corrected chi connectivity index (χ2v) is 5.37. The summed E-state index contributed by atoms with van der Waals surface area (Å²) < 4.78 is 13.6. The van der Waals surface area contributed by atoms with Gasteiger partial charge < -0.3 is 0 Å². The molecule has 2 aromatic rings. The summed E-state index contributed by atoms with van der Waals surface area (Å²) in [6.45, 7) is 0. The summed E-state index contributed by atoms with van der Waals surface area (Å²) >= 11 is 0. The lowest BCUT2D eigenvalue weighted by atomic mass is 9.98. The molecule has 1 aromatic carbocycles. The quantitative estimate of drug-likeness (QED) is 0.850. The minimum atomic E-state index is -0.724. The Morgan fingerprint density at radius 1 is 1.32 bits per heavy atom. The molecule has 1 amide bonds. The fourth-order valence-electron chi connectivity index (χ4n) is 2.64. The van der Waals surface area contributed by atoms with Crippen LogP contribution in [0.1, 0.15) is 42.6 Å². The van der Waals surface area contributed by atoms with Gasteiger partial charge >= 0.3 is 0 Å². The summed E-state index contributed by atoms with van der Waals surface area (Å²) in [6, 6.07) is 4.07. The molecule has 22 heavy (non-hydrogen) atoms. The Labute approximate surface area is 125 Å². The van der Waals surface area contributed by atoms with Crippen molar-refractivity contribution in [3.8, 4) is 0 Å². The van der Waals surface area contributed by atoms with Gasteiger partial charge in [-0.15, -0.1) is 0 Å². The number of hydroxylamine groups is 1. The molecule has 1 aromatic heterocycles. The van der Waals surface area contributed by atoms with Crippen molar-refractivity contribution >= 4 is 16.8 Å². The molecule has 3 rings (SSSR count). The van der Waals surface area contributed by atoms with Crippen LogP contribution < -0.4 is 10.9 Å². The first-order valence-corrected chi connectivity index (χ1v) is 7.29. The van der Waals surface area contributed by atoms with E-state index in [4.69, 9.17) is 4.84 Å². The maximum Gasteiger partial charge on any atom is 0.299 e. The number of halogens is 1. The lowest BCUT2D eigenvalue weighted by Gasteiger charge is -2.21. The van der Waals surface area contributed by atoms with Crippen LogP contribution in [0.4, 0.5) is 4.39 Å². The van der Waals surface area contributed by atoms with Crippen LogP contribution in [0.3, 0.4) is 0 Å². The van der Waals surface area contributed by atoms with Crippen LogP contribution in [0.25, 0.3) is 10.9 Å². The van der Waals surface area contributed by atoms with Crippen LogP contribution in [0.5, 0.6) is 0 Å². The number of amides is 1. The number of hydrogen-bond acceptors (Lipinski definition) is 4. The van der Waals surface area contributed by atoms with Crippen LogP contribution in [-0.2, 0) is 4.84 Å². The van der Waals surface area contributed by atoms with Crippen LogP contribution in [-0.4, -0.2) is 22.2 Å². The van der Waals surface area contributed by atoms with Gasteiger partial charge in [-0.3, -0.25) is 19.5 Å². The van der Waals surface area contributed by atoms with E-state index in [-0.39, 0.29) is 22.7 Å². The lowest BCUT2D eigenvalue weighted by Crippen LogP contribution is -2.34. The second-order valence-electron chi connectivity index (χ2n) is 5.37. The molecule has 0 radical (unpaired) electrons. The highest BCUT2D eigenvalue weighted by atomic mass is 19.1. The Balaban J connectivity index is 1.79. The summed E-state index contributed by atoms with van der Waals surface area (Å²) in [5.74, 6) is -1.31. The molecular formula is C15H16FN3O3. The number of H-pyrrole nitrogens is 1. The molecular weight excluding hydrogens is 289 g/mol. The van der Waals surface area contributed by atoms with E-state index in [1.807, 2.05) is 0 Å². The molecule has 1 saturated carbocycles. The van der Waals surface area contributed by atoms with E-state index < -0.39 is 17.2 Å². The summed E-state index contributed by atoms with van der Waals surface area (Å²) in [4.78, 5) is 29.6. The van der Waals surface area contributed by atoms with Gasteiger partial charge in [0.1, 0.15) is 11.3 Å². The predicted molar refractivity (Wildman–Crippen MR) is 77.7 cm³/mol. The first-order valence-electron chi connectivity index (χ1n) is 7.29. The summed E-state index contributed by atoms with van der Waals surface area (Å²) in [5, 5.41) is 6.15. The normalized spacial score (nSPS) is 15.9. The van der Waals surface area contributed by atoms with E-state index >= 15 is 0 Å². The summed E-state index contributed by atoms with van der Waals surface area (Å²) in [6.07, 6.45) is 5.03. The minimum Gasteiger partial charge on any atom is -0.286 e. The van der Waals surface area contributed by atoms with E-state index in [1.165, 1.54) is 24.6 Å². The van der Waals surface area contributed by atoms with Gasteiger partial charge in [0.2, 0.25) is 5.43 Å². The molecule has 0 aliphatic heterocycles. The number of nitrogens with zero attached hydrogens (tertiary/aromatic N) is 1. The maximum absolute atomic E-state index is 13.6. The number of aromatic amines is 1. The molecule has 0 saturated heterocycles. The van der Waals surface area contributed by atoms with Crippen LogP contribution in [0.15, 0.2) is 23.0 Å². The third kappa shape index (κ3) is 2.85. The number of aromatic nitrogens is 2. The first-order chi connectivity index (χ1) is 10.7. The smallest absolute Gasteiger partial charge is 0.286 e. The van der Waals surface area contributed by atoms with E-state index in [1.54, 1.807) is 0 Å². The molecule has 1 fully saturated rings. The number of carbonyl (C=O) groups is 1. The van der Waals surface area contributed by atoms with Crippen molar-refractivity contribution in [1.29, 1.82) is 0 Å². The highest BCUT2D eigenvalue weighted by molar-refractivity contribution is 5.94. The molecule has 7 heteroatoms. The van der Waals surface area contributed by atoms with Crippen LogP contribution in [0.2, 0.25) is 0 Å². The van der Waals surface area contributed by atoms with E-state index in [0.29, 0.717) is 0 Å². The lowest BCUT2D eigenvalue weighted by molar-refractivity contribution is -0.0315. The van der Waals surface area contributed by atoms with Crippen LogP contribution >= 0.6 is 0 Å². The molecule has 0 spiro atoms. The molecule has 1 aliphatic rings. The topological polar surface area (TPSA) is 84.1 Å². The second kappa shape index (κ2) is 6.23. The Bertz CT molecular complexity index is 753. The summed E-state index contributed by atoms with van der Waals surface area (Å²) in [5.41, 5.74) is 1.29. The van der Waals surface area contributed by atoms with E-state index in [2.05, 4.69) is 15.7 Å². The van der Waals surface area contributed by atoms with Gasteiger partial charge in [-0.1, -0.05) is 25.3 Å². The third-order valence-corrected chi connectivity index (χ3v) is 3.84. The number of nitrogens with one attached hydrogen (secondary N) is 2. The molecule has 0 atom stereocenters. The highest BCUT2D eigenvalue weighted by Gasteiger charge is 2.19. The van der Waals surface area contributed by atoms with Crippen molar-refractivity contribution in [3.05, 3.63) is 39.9 Å². The van der Waals surface area contributed by atoms with Gasteiger partial charge in [0.05, 0.1) is 11.5 Å². The third-order valence-electron chi connectivity index (χ3n) is 3.84. The standard InChI is InChI=1S/C15H16FN3O3/c16-11-8-4-7-10-12(11)17-18-13(14(10)20)15(21)19-22-9-5-2-1-3-6-9/h4,7-9H,1-3,5-6H2,(H,17,20)(H,19,21). The Hall–Kier alpha value is -2.28. The highest BCUT2D eigenvalue weighted by Crippen LogP contribution is 2.19. The number of benzene rings is 1. The monoisotopic (exact) mass is 305 g/mol. The Morgan fingerprint density at radius 3 is 2.86 bits per heavy atom. The van der Waals surface area contributed by atoms with Gasteiger partial charge in [0.15, 0.2) is 5.69 Å². The Kier molecular flexibility index (Phi) is 4.15. The zero-order valence-corrected chi connectivity index (χ0v) is 11.9. The molecule has 1 aliphatic carbocycles. The minimum absolute atomic E-state index is 0.0164. The molecule has 1 heterocycles. The number of para-hydroxylation sites is 1. The van der Waals surface area contributed by atoms with Crippen molar-refractivity contribution in [2.45, 2.75) is 38.2 Å². The predicted octanol–water partition coefficient (Wildman–Crippen LogP) is 2.06. The average molecular weight is 305 g/mol. The van der Waals surface area contributed by atoms with E-state index in [9.17, 15) is 14.0 Å². The summed E-state index contributed by atoms with van der Waals surface area (Å²) in [7, 11) is 0. The van der Waals surface area contributed by atoms with Crippen LogP contribution in [0, 0.1) is 5.82 Å². The van der Waals surface area contributed by atoms with Crippen molar-refractivity contribution in [1.82, 2.24) is 15.7 Å². The van der Waals surface area contributed by atoms with Crippen molar-refractivity contribution in [3.63, 3.8) is 0 Å². The largest absolute Gasteiger partial charge is 0.299 e. The molecule has 116 valence electrons. The number of rotatable bonds is 3. The SMILES string of the molecule is O=C(NOC1CCCCC1)c1n[nH]c2c(F)cccc2c1=O. The first kappa shape index (κ1) is 14.6. The van der Waals surface area contributed by atoms with Gasteiger partial charge in [-0.2, -0.15) is 5.10 Å². The van der Waals surface area contributed by atoms with Crippen molar-refractivity contribution in [2.75, 3.05) is 0 Å². The zero-order chi connectivity index (χ0) is 15.5. The maximum atomic E-state index is 13.6. The van der Waals surface area contributed by atoms with Gasteiger partial charge in [-0.05, 0) is 25.0 Å². The fourth-order valence-corrected chi connectivity index (χ4v) is 2.64. The number of carbonyl (C=O) groups excluding carboxylic acids is 1.